The normalized spacial score (nSPS) is 12.5. The van der Waals surface area contributed by atoms with Gasteiger partial charge in [0.15, 0.2) is 5.82 Å². The highest BCUT2D eigenvalue weighted by molar-refractivity contribution is 5.83. The van der Waals surface area contributed by atoms with Crippen molar-refractivity contribution in [3.63, 3.8) is 0 Å². The lowest BCUT2D eigenvalue weighted by atomic mass is 9.98. The first-order valence-corrected chi connectivity index (χ1v) is 9.52. The van der Waals surface area contributed by atoms with Gasteiger partial charge in [-0.05, 0) is 42.3 Å². The van der Waals surface area contributed by atoms with Gasteiger partial charge >= 0.3 is 5.69 Å². The third kappa shape index (κ3) is 3.17. The molecule has 1 unspecified atom stereocenters. The summed E-state index contributed by atoms with van der Waals surface area (Å²) in [6.45, 7) is 2.04. The average Bonchev–Trinajstić information content (AvgIpc) is 3.24. The Morgan fingerprint density at radius 1 is 1.24 bits per heavy atom. The molecule has 0 spiro atoms. The van der Waals surface area contributed by atoms with E-state index in [4.69, 9.17) is 11.5 Å². The van der Waals surface area contributed by atoms with Crippen LogP contribution in [0.1, 0.15) is 31.4 Å². The van der Waals surface area contributed by atoms with Gasteiger partial charge in [0.25, 0.3) is 0 Å². The van der Waals surface area contributed by atoms with Gasteiger partial charge in [0.2, 0.25) is 0 Å². The van der Waals surface area contributed by atoms with Crippen LogP contribution in [0.4, 0.5) is 5.69 Å². The fraction of sp³-hybridized carbons (Fsp3) is 0.238. The molecule has 29 heavy (non-hydrogen) atoms. The molecule has 8 nitrogen and oxygen atoms in total. The van der Waals surface area contributed by atoms with E-state index < -0.39 is 5.69 Å². The van der Waals surface area contributed by atoms with Gasteiger partial charge in [0, 0.05) is 41.9 Å². The van der Waals surface area contributed by atoms with Crippen LogP contribution in [0.25, 0.3) is 28.0 Å². The number of phenols is 1. The highest BCUT2D eigenvalue weighted by atomic mass is 16.3. The number of nitrogens with one attached hydrogen (secondary N) is 1. The van der Waals surface area contributed by atoms with Gasteiger partial charge in [0.05, 0.1) is 11.3 Å². The topological polar surface area (TPSA) is 128 Å². The number of nitrogen functional groups attached to an aromatic ring is 1. The first-order valence-electron chi connectivity index (χ1n) is 9.52. The molecule has 0 amide bonds. The lowest BCUT2D eigenvalue weighted by molar-refractivity contribution is 0.476. The monoisotopic (exact) mass is 392 g/mol. The smallest absolute Gasteiger partial charge is 0.348 e. The van der Waals surface area contributed by atoms with Gasteiger partial charge in [-0.2, -0.15) is 5.10 Å². The molecular formula is C21H24N6O2. The van der Waals surface area contributed by atoms with Crippen LogP contribution in [0.3, 0.4) is 0 Å². The van der Waals surface area contributed by atoms with Crippen molar-refractivity contribution in [2.75, 3.05) is 5.73 Å². The third-order valence-corrected chi connectivity index (χ3v) is 5.24. The second kappa shape index (κ2) is 7.14. The number of anilines is 1. The number of aromatic nitrogens is 4. The number of aryl methyl sites for hydroxylation is 1. The molecule has 0 fully saturated rings. The Morgan fingerprint density at radius 2 is 2.03 bits per heavy atom. The Bertz CT molecular complexity index is 1250. The second-order valence-electron chi connectivity index (χ2n) is 7.25. The first kappa shape index (κ1) is 18.8. The SMILES string of the molecule is CCCC(N)c1cc(-c2n[nH]c(=O)n2-c2ccc3c(ccn3C)c2)c(O)cc1N. The minimum Gasteiger partial charge on any atom is -0.507 e. The summed E-state index contributed by atoms with van der Waals surface area (Å²) in [5, 5.41) is 18.2. The lowest BCUT2D eigenvalue weighted by Gasteiger charge is -2.16. The maximum absolute atomic E-state index is 12.6. The number of aromatic hydroxyl groups is 1. The van der Waals surface area contributed by atoms with Crippen molar-refractivity contribution >= 4 is 16.6 Å². The van der Waals surface area contributed by atoms with E-state index in [0.717, 1.165) is 29.3 Å². The lowest BCUT2D eigenvalue weighted by Crippen LogP contribution is -2.16. The molecule has 4 aromatic rings. The minimum absolute atomic E-state index is 0.0593. The van der Waals surface area contributed by atoms with Crippen LogP contribution in [0.15, 0.2) is 47.4 Å². The van der Waals surface area contributed by atoms with Crippen LogP contribution in [0.2, 0.25) is 0 Å². The van der Waals surface area contributed by atoms with Crippen molar-refractivity contribution in [2.45, 2.75) is 25.8 Å². The Morgan fingerprint density at radius 3 is 2.79 bits per heavy atom. The van der Waals surface area contributed by atoms with Gasteiger partial charge in [-0.15, -0.1) is 0 Å². The fourth-order valence-corrected chi connectivity index (χ4v) is 3.71. The molecule has 6 N–H and O–H groups in total. The summed E-state index contributed by atoms with van der Waals surface area (Å²) in [4.78, 5) is 12.6. The largest absolute Gasteiger partial charge is 0.507 e. The van der Waals surface area contributed by atoms with E-state index in [1.165, 1.54) is 10.6 Å². The summed E-state index contributed by atoms with van der Waals surface area (Å²) in [6, 6.07) is 10.6. The van der Waals surface area contributed by atoms with Gasteiger partial charge in [-0.3, -0.25) is 0 Å². The maximum atomic E-state index is 12.6. The van der Waals surface area contributed by atoms with Crippen LogP contribution in [0, 0.1) is 0 Å². The number of phenolic OH excluding ortho intramolecular Hbond substituents is 1. The molecular weight excluding hydrogens is 368 g/mol. The molecule has 2 aromatic heterocycles. The van der Waals surface area contributed by atoms with Crippen molar-refractivity contribution in [1.29, 1.82) is 0 Å². The van der Waals surface area contributed by atoms with Crippen LogP contribution in [-0.4, -0.2) is 24.4 Å². The van der Waals surface area contributed by atoms with Crippen molar-refractivity contribution in [1.82, 2.24) is 19.3 Å². The average molecular weight is 392 g/mol. The summed E-state index contributed by atoms with van der Waals surface area (Å²) in [6.07, 6.45) is 3.62. The molecule has 2 aromatic carbocycles. The van der Waals surface area contributed by atoms with Gasteiger partial charge in [0.1, 0.15) is 5.75 Å². The molecule has 0 radical (unpaired) electrons. The van der Waals surface area contributed by atoms with Gasteiger partial charge < -0.3 is 21.1 Å². The Hall–Kier alpha value is -3.52. The number of benzene rings is 2. The molecule has 0 aliphatic heterocycles. The molecule has 1 atom stereocenters. The van der Waals surface area contributed by atoms with Crippen LogP contribution < -0.4 is 17.2 Å². The van der Waals surface area contributed by atoms with Crippen LogP contribution in [-0.2, 0) is 7.05 Å². The van der Waals surface area contributed by atoms with Crippen molar-refractivity contribution in [3.8, 4) is 22.8 Å². The summed E-state index contributed by atoms with van der Waals surface area (Å²) in [5.74, 6) is 0.240. The Labute approximate surface area is 167 Å². The molecule has 4 rings (SSSR count). The van der Waals surface area contributed by atoms with E-state index in [1.807, 2.05) is 49.0 Å². The predicted octanol–water partition coefficient (Wildman–Crippen LogP) is 2.81. The fourth-order valence-electron chi connectivity index (χ4n) is 3.71. The molecule has 0 aliphatic carbocycles. The minimum atomic E-state index is -0.397. The van der Waals surface area contributed by atoms with Crippen molar-refractivity contribution in [3.05, 3.63) is 58.6 Å². The van der Waals surface area contributed by atoms with E-state index >= 15 is 0 Å². The molecule has 0 saturated heterocycles. The number of nitrogens with two attached hydrogens (primary N) is 2. The molecule has 0 saturated carbocycles. The summed E-state index contributed by atoms with van der Waals surface area (Å²) < 4.78 is 3.44. The zero-order valence-corrected chi connectivity index (χ0v) is 16.4. The highest BCUT2D eigenvalue weighted by Gasteiger charge is 2.20. The zero-order chi connectivity index (χ0) is 20.7. The number of rotatable bonds is 5. The number of aromatic amines is 1. The van der Waals surface area contributed by atoms with Crippen molar-refractivity contribution < 1.29 is 5.11 Å². The molecule has 0 bridgehead atoms. The summed E-state index contributed by atoms with van der Waals surface area (Å²) >= 11 is 0. The second-order valence-corrected chi connectivity index (χ2v) is 7.25. The van der Waals surface area contributed by atoms with E-state index in [2.05, 4.69) is 10.2 Å². The van der Waals surface area contributed by atoms with Gasteiger partial charge in [-0.25, -0.2) is 14.5 Å². The van der Waals surface area contributed by atoms with Gasteiger partial charge in [-0.1, -0.05) is 13.3 Å². The molecule has 0 aliphatic rings. The molecule has 150 valence electrons. The first-order chi connectivity index (χ1) is 13.9. The number of hydrogen-bond donors (Lipinski definition) is 4. The summed E-state index contributed by atoms with van der Waals surface area (Å²) in [5.41, 5.74) is 15.2. The number of hydrogen-bond acceptors (Lipinski definition) is 5. The number of nitrogens with zero attached hydrogens (tertiary/aromatic N) is 3. The third-order valence-electron chi connectivity index (χ3n) is 5.24. The van der Waals surface area contributed by atoms with E-state index in [-0.39, 0.29) is 11.8 Å². The zero-order valence-electron chi connectivity index (χ0n) is 16.4. The summed E-state index contributed by atoms with van der Waals surface area (Å²) in [7, 11) is 1.96. The number of H-pyrrole nitrogens is 1. The van der Waals surface area contributed by atoms with E-state index in [0.29, 0.717) is 22.8 Å². The Balaban J connectivity index is 1.89. The molecule has 8 heteroatoms. The predicted molar refractivity (Wildman–Crippen MR) is 114 cm³/mol. The van der Waals surface area contributed by atoms with E-state index in [9.17, 15) is 9.90 Å². The van der Waals surface area contributed by atoms with Crippen molar-refractivity contribution in [2.24, 2.45) is 12.8 Å². The number of fused-ring (bicyclic) bond motifs is 1. The quantitative estimate of drug-likeness (QED) is 0.388. The highest BCUT2D eigenvalue weighted by Crippen LogP contribution is 2.35. The van der Waals surface area contributed by atoms with Crippen LogP contribution in [0.5, 0.6) is 5.75 Å². The maximum Gasteiger partial charge on any atom is 0.348 e. The van der Waals surface area contributed by atoms with Crippen LogP contribution >= 0.6 is 0 Å². The van der Waals surface area contributed by atoms with E-state index in [1.54, 1.807) is 6.07 Å². The molecule has 2 heterocycles. The Kier molecular flexibility index (Phi) is 4.63. The standard InChI is InChI=1S/C21H24N6O2/c1-3-4-16(22)14-10-15(19(28)11-17(14)23)20-24-25-21(29)27(20)13-5-6-18-12(9-13)7-8-26(18)2/h5-11,16,28H,3-4,22-23H2,1-2H3,(H,25,29).